The second-order valence-electron chi connectivity index (χ2n) is 4.37. The fraction of sp³-hybridized carbons (Fsp3) is 0.385. The van der Waals surface area contributed by atoms with Gasteiger partial charge in [0.2, 0.25) is 0 Å². The van der Waals surface area contributed by atoms with Crippen molar-refractivity contribution in [1.29, 1.82) is 5.26 Å². The lowest BCUT2D eigenvalue weighted by Gasteiger charge is -2.09. The molecule has 0 spiro atoms. The molecule has 1 fully saturated rings. The molecule has 1 heterocycles. The van der Waals surface area contributed by atoms with Gasteiger partial charge in [0.15, 0.2) is 11.5 Å². The zero-order chi connectivity index (χ0) is 14.5. The second kappa shape index (κ2) is 6.12. The highest BCUT2D eigenvalue weighted by molar-refractivity contribution is 5.83. The molecule has 0 aromatic heterocycles. The van der Waals surface area contributed by atoms with E-state index in [9.17, 15) is 14.9 Å². The molecule has 0 aliphatic carbocycles. The minimum absolute atomic E-state index is 0.0127. The lowest BCUT2D eigenvalue weighted by atomic mass is 10.0. The number of nitrogens with zero attached hydrogens (tertiary/aromatic N) is 2. The predicted molar refractivity (Wildman–Crippen MR) is 67.2 cm³/mol. The van der Waals surface area contributed by atoms with Gasteiger partial charge in [-0.3, -0.25) is 14.9 Å². The molecule has 7 heteroatoms. The molecular weight excluding hydrogens is 264 g/mol. The Morgan fingerprint density at radius 1 is 1.60 bits per heavy atom. The number of carbonyl (C=O) groups excluding carboxylic acids is 1. The SMILES string of the molecule is N#Cc1ccc(OCC(=O)C2CCOC2)c([N+](=O)[O-])c1. The van der Waals surface area contributed by atoms with Crippen LogP contribution in [0, 0.1) is 27.4 Å². The Morgan fingerprint density at radius 2 is 2.40 bits per heavy atom. The highest BCUT2D eigenvalue weighted by atomic mass is 16.6. The summed E-state index contributed by atoms with van der Waals surface area (Å²) in [5.41, 5.74) is -0.154. The number of ketones is 1. The van der Waals surface area contributed by atoms with Crippen LogP contribution in [0.2, 0.25) is 0 Å². The van der Waals surface area contributed by atoms with Gasteiger partial charge in [0.25, 0.3) is 0 Å². The number of nitro benzene ring substituents is 1. The van der Waals surface area contributed by atoms with Gasteiger partial charge in [-0.2, -0.15) is 5.26 Å². The molecule has 7 nitrogen and oxygen atoms in total. The third-order valence-corrected chi connectivity index (χ3v) is 3.04. The van der Waals surface area contributed by atoms with Crippen molar-refractivity contribution >= 4 is 11.5 Å². The number of carbonyl (C=O) groups is 1. The monoisotopic (exact) mass is 276 g/mol. The summed E-state index contributed by atoms with van der Waals surface area (Å²) in [5.74, 6) is -0.352. The van der Waals surface area contributed by atoms with E-state index in [1.807, 2.05) is 6.07 Å². The Balaban J connectivity index is 2.07. The van der Waals surface area contributed by atoms with Crippen LogP contribution >= 0.6 is 0 Å². The van der Waals surface area contributed by atoms with Crippen LogP contribution in [0.4, 0.5) is 5.69 Å². The van der Waals surface area contributed by atoms with Crippen molar-refractivity contribution in [3.63, 3.8) is 0 Å². The predicted octanol–water partition coefficient (Wildman–Crippen LogP) is 1.45. The summed E-state index contributed by atoms with van der Waals surface area (Å²) in [6.45, 7) is 0.686. The fourth-order valence-electron chi connectivity index (χ4n) is 1.91. The minimum atomic E-state index is -0.640. The molecule has 1 aliphatic rings. The van der Waals surface area contributed by atoms with Gasteiger partial charge in [0, 0.05) is 18.6 Å². The van der Waals surface area contributed by atoms with Crippen LogP contribution in [0.3, 0.4) is 0 Å². The van der Waals surface area contributed by atoms with E-state index in [1.54, 1.807) is 0 Å². The number of hydrogen-bond donors (Lipinski definition) is 0. The van der Waals surface area contributed by atoms with Crippen LogP contribution in [0.25, 0.3) is 0 Å². The molecule has 1 aromatic carbocycles. The first-order chi connectivity index (χ1) is 9.61. The van der Waals surface area contributed by atoms with Crippen molar-refractivity contribution in [2.45, 2.75) is 6.42 Å². The summed E-state index contributed by atoms with van der Waals surface area (Å²) in [6.07, 6.45) is 0.650. The zero-order valence-corrected chi connectivity index (χ0v) is 10.6. The Bertz CT molecular complexity index is 573. The summed E-state index contributed by atoms with van der Waals surface area (Å²) in [6, 6.07) is 5.68. The Kier molecular flexibility index (Phi) is 4.27. The molecule has 1 atom stereocenters. The van der Waals surface area contributed by atoms with Crippen molar-refractivity contribution in [2.75, 3.05) is 19.8 Å². The van der Waals surface area contributed by atoms with Crippen molar-refractivity contribution < 1.29 is 19.2 Å². The summed E-state index contributed by atoms with van der Waals surface area (Å²) >= 11 is 0. The standard InChI is InChI=1S/C13H12N2O5/c14-6-9-1-2-13(11(5-9)15(17)18)20-8-12(16)10-3-4-19-7-10/h1-2,5,10H,3-4,7-8H2. The molecule has 1 saturated heterocycles. The largest absolute Gasteiger partial charge is 0.479 e. The maximum Gasteiger partial charge on any atom is 0.312 e. The van der Waals surface area contributed by atoms with E-state index in [1.165, 1.54) is 12.1 Å². The van der Waals surface area contributed by atoms with E-state index in [2.05, 4.69) is 0 Å². The molecule has 1 aromatic rings. The van der Waals surface area contributed by atoms with Crippen LogP contribution < -0.4 is 4.74 Å². The van der Waals surface area contributed by atoms with Gasteiger partial charge in [0.05, 0.1) is 23.2 Å². The van der Waals surface area contributed by atoms with Crippen LogP contribution in [0.5, 0.6) is 5.75 Å². The van der Waals surface area contributed by atoms with Crippen molar-refractivity contribution in [3.8, 4) is 11.8 Å². The molecular formula is C13H12N2O5. The summed E-state index contributed by atoms with van der Waals surface area (Å²) in [5, 5.41) is 19.6. The number of ether oxygens (including phenoxy) is 2. The molecule has 0 N–H and O–H groups in total. The van der Waals surface area contributed by atoms with Crippen molar-refractivity contribution in [2.24, 2.45) is 5.92 Å². The average Bonchev–Trinajstić information content (AvgIpc) is 2.98. The average molecular weight is 276 g/mol. The van der Waals surface area contributed by atoms with Gasteiger partial charge in [-0.25, -0.2) is 0 Å². The molecule has 1 aliphatic heterocycles. The van der Waals surface area contributed by atoms with E-state index in [4.69, 9.17) is 14.7 Å². The Labute approximate surface area is 114 Å². The topological polar surface area (TPSA) is 102 Å². The van der Waals surface area contributed by atoms with Gasteiger partial charge in [-0.15, -0.1) is 0 Å². The smallest absolute Gasteiger partial charge is 0.312 e. The number of benzene rings is 1. The van der Waals surface area contributed by atoms with Gasteiger partial charge >= 0.3 is 5.69 Å². The lowest BCUT2D eigenvalue weighted by Crippen LogP contribution is -2.21. The minimum Gasteiger partial charge on any atom is -0.479 e. The molecule has 0 bridgehead atoms. The third kappa shape index (κ3) is 3.10. The number of rotatable bonds is 5. The van der Waals surface area contributed by atoms with Crippen LogP contribution in [0.1, 0.15) is 12.0 Å². The van der Waals surface area contributed by atoms with E-state index in [-0.39, 0.29) is 35.3 Å². The van der Waals surface area contributed by atoms with E-state index < -0.39 is 4.92 Å². The van der Waals surface area contributed by atoms with Gasteiger partial charge in [-0.05, 0) is 18.6 Å². The molecule has 20 heavy (non-hydrogen) atoms. The second-order valence-corrected chi connectivity index (χ2v) is 4.37. The first kappa shape index (κ1) is 14.0. The molecule has 0 amide bonds. The van der Waals surface area contributed by atoms with Crippen LogP contribution in [0.15, 0.2) is 18.2 Å². The number of nitro groups is 1. The molecule has 1 unspecified atom stereocenters. The molecule has 104 valence electrons. The number of nitriles is 1. The first-order valence-corrected chi connectivity index (χ1v) is 6.03. The van der Waals surface area contributed by atoms with Crippen molar-refractivity contribution in [3.05, 3.63) is 33.9 Å². The van der Waals surface area contributed by atoms with Crippen LogP contribution in [-0.4, -0.2) is 30.5 Å². The van der Waals surface area contributed by atoms with E-state index in [0.29, 0.717) is 19.6 Å². The van der Waals surface area contributed by atoms with Crippen LogP contribution in [-0.2, 0) is 9.53 Å². The van der Waals surface area contributed by atoms with Crippen molar-refractivity contribution in [1.82, 2.24) is 0 Å². The fourth-order valence-corrected chi connectivity index (χ4v) is 1.91. The third-order valence-electron chi connectivity index (χ3n) is 3.04. The molecule has 0 saturated carbocycles. The summed E-state index contributed by atoms with van der Waals surface area (Å²) < 4.78 is 10.3. The summed E-state index contributed by atoms with van der Waals surface area (Å²) in [7, 11) is 0. The van der Waals surface area contributed by atoms with Gasteiger partial charge in [0.1, 0.15) is 6.61 Å². The highest BCUT2D eigenvalue weighted by Crippen LogP contribution is 2.28. The summed E-state index contributed by atoms with van der Waals surface area (Å²) in [4.78, 5) is 22.1. The zero-order valence-electron chi connectivity index (χ0n) is 10.6. The highest BCUT2D eigenvalue weighted by Gasteiger charge is 2.25. The normalized spacial score (nSPS) is 17.4. The van der Waals surface area contributed by atoms with Gasteiger partial charge < -0.3 is 9.47 Å². The number of hydrogen-bond acceptors (Lipinski definition) is 6. The maximum atomic E-state index is 11.8. The maximum absolute atomic E-state index is 11.8. The Morgan fingerprint density at radius 3 is 3.00 bits per heavy atom. The van der Waals surface area contributed by atoms with Gasteiger partial charge in [-0.1, -0.05) is 0 Å². The molecule has 0 radical (unpaired) electrons. The van der Waals surface area contributed by atoms with E-state index >= 15 is 0 Å². The quantitative estimate of drug-likeness (QED) is 0.595. The lowest BCUT2D eigenvalue weighted by molar-refractivity contribution is -0.385. The first-order valence-electron chi connectivity index (χ1n) is 6.03. The molecule has 2 rings (SSSR count). The number of Topliss-reactive ketones (excluding diaryl/α,β-unsaturated/α-hetero) is 1. The Hall–Kier alpha value is -2.46. The van der Waals surface area contributed by atoms with E-state index in [0.717, 1.165) is 6.07 Å².